The summed E-state index contributed by atoms with van der Waals surface area (Å²) in [7, 11) is 0. The van der Waals surface area contributed by atoms with Crippen molar-refractivity contribution in [3.8, 4) is 16.9 Å². The lowest BCUT2D eigenvalue weighted by atomic mass is 9.85. The zero-order valence-electron chi connectivity index (χ0n) is 11.2. The molecule has 2 nitrogen and oxygen atoms in total. The summed E-state index contributed by atoms with van der Waals surface area (Å²) in [4.78, 5) is 0. The molecule has 0 saturated heterocycles. The summed E-state index contributed by atoms with van der Waals surface area (Å²) in [6.45, 7) is 6.62. The highest BCUT2D eigenvalue weighted by molar-refractivity contribution is 5.69. The Balaban J connectivity index is 2.36. The molecule has 1 heterocycles. The number of benzene rings is 1. The fourth-order valence-electron chi connectivity index (χ4n) is 2.53. The lowest BCUT2D eigenvalue weighted by Crippen LogP contribution is -2.05. The molecule has 0 aliphatic heterocycles. The van der Waals surface area contributed by atoms with E-state index >= 15 is 0 Å². The normalized spacial score (nSPS) is 12.9. The summed E-state index contributed by atoms with van der Waals surface area (Å²) in [5.41, 5.74) is 2.94. The second-order valence-corrected chi connectivity index (χ2v) is 5.05. The Hall–Kier alpha value is -1.70. The molecule has 0 amide bonds. The lowest BCUT2D eigenvalue weighted by molar-refractivity contribution is 0.464. The van der Waals surface area contributed by atoms with Gasteiger partial charge in [-0.1, -0.05) is 32.9 Å². The van der Waals surface area contributed by atoms with E-state index in [1.165, 1.54) is 5.56 Å². The van der Waals surface area contributed by atoms with Crippen LogP contribution in [0.3, 0.4) is 0 Å². The quantitative estimate of drug-likeness (QED) is 0.837. The number of aromatic hydroxyl groups is 1. The number of furan rings is 1. The topological polar surface area (TPSA) is 33.4 Å². The molecule has 0 aliphatic carbocycles. The van der Waals surface area contributed by atoms with Crippen molar-refractivity contribution in [3.63, 3.8) is 0 Å². The highest BCUT2D eigenvalue weighted by Crippen LogP contribution is 2.35. The summed E-state index contributed by atoms with van der Waals surface area (Å²) >= 11 is 0. The van der Waals surface area contributed by atoms with Crippen LogP contribution < -0.4 is 0 Å². The lowest BCUT2D eigenvalue weighted by Gasteiger charge is -2.20. The molecule has 0 bridgehead atoms. The smallest absolute Gasteiger partial charge is 0.123 e. The minimum absolute atomic E-state index is 0.327. The van der Waals surface area contributed by atoms with Gasteiger partial charge in [0.15, 0.2) is 0 Å². The maximum Gasteiger partial charge on any atom is 0.123 e. The van der Waals surface area contributed by atoms with Crippen molar-refractivity contribution in [2.75, 3.05) is 0 Å². The predicted octanol–water partition coefficient (Wildman–Crippen LogP) is 4.80. The first-order valence-corrected chi connectivity index (χ1v) is 6.49. The monoisotopic (exact) mass is 244 g/mol. The minimum Gasteiger partial charge on any atom is -0.507 e. The largest absolute Gasteiger partial charge is 0.507 e. The van der Waals surface area contributed by atoms with Gasteiger partial charge in [-0.05, 0) is 36.0 Å². The van der Waals surface area contributed by atoms with Gasteiger partial charge < -0.3 is 9.52 Å². The fraction of sp³-hybridized carbons (Fsp3) is 0.375. The average molecular weight is 244 g/mol. The van der Waals surface area contributed by atoms with E-state index in [4.69, 9.17) is 4.42 Å². The van der Waals surface area contributed by atoms with E-state index < -0.39 is 0 Å². The first kappa shape index (κ1) is 12.7. The van der Waals surface area contributed by atoms with Crippen molar-refractivity contribution in [2.45, 2.75) is 33.1 Å². The van der Waals surface area contributed by atoms with Crippen LogP contribution in [0.2, 0.25) is 0 Å². The summed E-state index contributed by atoms with van der Waals surface area (Å²) in [6, 6.07) is 7.82. The molecule has 2 heteroatoms. The van der Waals surface area contributed by atoms with Gasteiger partial charge in [-0.2, -0.15) is 0 Å². The molecule has 1 N–H and O–H groups in total. The van der Waals surface area contributed by atoms with E-state index in [9.17, 15) is 5.11 Å². The zero-order chi connectivity index (χ0) is 13.1. The molecule has 1 aromatic heterocycles. The molecular formula is C16H20O2. The maximum atomic E-state index is 10.1. The van der Waals surface area contributed by atoms with Gasteiger partial charge in [0.2, 0.25) is 0 Å². The van der Waals surface area contributed by atoms with E-state index in [-0.39, 0.29) is 0 Å². The SMILES string of the molecule is CCC(c1ccc(-c2ccoc2)c(O)c1)C(C)C. The van der Waals surface area contributed by atoms with Crippen LogP contribution in [0.15, 0.2) is 41.2 Å². The van der Waals surface area contributed by atoms with Crippen LogP contribution in [0.1, 0.15) is 38.7 Å². The Morgan fingerprint density at radius 3 is 2.50 bits per heavy atom. The first-order chi connectivity index (χ1) is 8.63. The van der Waals surface area contributed by atoms with Crippen molar-refractivity contribution in [1.29, 1.82) is 0 Å². The van der Waals surface area contributed by atoms with Crippen LogP contribution in [-0.2, 0) is 0 Å². The third-order valence-electron chi connectivity index (χ3n) is 3.53. The van der Waals surface area contributed by atoms with Gasteiger partial charge in [0.05, 0.1) is 12.5 Å². The molecule has 1 atom stereocenters. The van der Waals surface area contributed by atoms with Gasteiger partial charge in [0.1, 0.15) is 5.75 Å². The Kier molecular flexibility index (Phi) is 3.75. The summed E-state index contributed by atoms with van der Waals surface area (Å²) in [5, 5.41) is 10.1. The van der Waals surface area contributed by atoms with Crippen LogP contribution in [0.5, 0.6) is 5.75 Å². The number of phenols is 1. The van der Waals surface area contributed by atoms with Gasteiger partial charge in [-0.25, -0.2) is 0 Å². The highest BCUT2D eigenvalue weighted by atomic mass is 16.3. The molecule has 2 aromatic rings. The number of hydrogen-bond donors (Lipinski definition) is 1. The second kappa shape index (κ2) is 5.30. The predicted molar refractivity (Wildman–Crippen MR) is 73.7 cm³/mol. The van der Waals surface area contributed by atoms with Crippen LogP contribution in [0, 0.1) is 5.92 Å². The molecule has 2 rings (SSSR count). The Morgan fingerprint density at radius 2 is 2.00 bits per heavy atom. The third-order valence-corrected chi connectivity index (χ3v) is 3.53. The summed E-state index contributed by atoms with van der Waals surface area (Å²) < 4.78 is 5.05. The molecule has 1 aromatic carbocycles. The van der Waals surface area contributed by atoms with Gasteiger partial charge in [0.25, 0.3) is 0 Å². The van der Waals surface area contributed by atoms with E-state index in [1.54, 1.807) is 12.5 Å². The molecule has 0 aliphatic rings. The Bertz CT molecular complexity index is 498. The Morgan fingerprint density at radius 1 is 1.22 bits per heavy atom. The van der Waals surface area contributed by atoms with Crippen LogP contribution >= 0.6 is 0 Å². The van der Waals surface area contributed by atoms with E-state index in [0.29, 0.717) is 17.6 Å². The molecule has 0 radical (unpaired) electrons. The third kappa shape index (κ3) is 2.42. The van der Waals surface area contributed by atoms with Crippen molar-refractivity contribution in [1.82, 2.24) is 0 Å². The molecule has 1 unspecified atom stereocenters. The molecule has 0 saturated carbocycles. The Labute approximate surface area is 108 Å². The molecule has 0 fully saturated rings. The minimum atomic E-state index is 0.327. The number of rotatable bonds is 4. The zero-order valence-corrected chi connectivity index (χ0v) is 11.2. The van der Waals surface area contributed by atoms with Crippen LogP contribution in [0.25, 0.3) is 11.1 Å². The highest BCUT2D eigenvalue weighted by Gasteiger charge is 2.15. The van der Waals surface area contributed by atoms with Gasteiger partial charge >= 0.3 is 0 Å². The summed E-state index contributed by atoms with van der Waals surface area (Å²) in [6.07, 6.45) is 4.35. The van der Waals surface area contributed by atoms with Crippen molar-refractivity contribution in [3.05, 3.63) is 42.4 Å². The maximum absolute atomic E-state index is 10.1. The van der Waals surface area contributed by atoms with Crippen molar-refractivity contribution in [2.24, 2.45) is 5.92 Å². The molecular weight excluding hydrogens is 224 g/mol. The van der Waals surface area contributed by atoms with E-state index in [1.807, 2.05) is 18.2 Å². The van der Waals surface area contributed by atoms with Crippen molar-refractivity contribution >= 4 is 0 Å². The van der Waals surface area contributed by atoms with Gasteiger partial charge in [-0.3, -0.25) is 0 Å². The first-order valence-electron chi connectivity index (χ1n) is 6.49. The number of hydrogen-bond acceptors (Lipinski definition) is 2. The van der Waals surface area contributed by atoms with Crippen molar-refractivity contribution < 1.29 is 9.52 Å². The molecule has 96 valence electrons. The van der Waals surface area contributed by atoms with Crippen LogP contribution in [-0.4, -0.2) is 5.11 Å². The molecule has 18 heavy (non-hydrogen) atoms. The molecule has 0 spiro atoms. The fourth-order valence-corrected chi connectivity index (χ4v) is 2.53. The second-order valence-electron chi connectivity index (χ2n) is 5.05. The van der Waals surface area contributed by atoms with E-state index in [0.717, 1.165) is 17.5 Å². The standard InChI is InChI=1S/C16H20O2/c1-4-14(11(2)3)12-5-6-15(16(17)9-12)13-7-8-18-10-13/h5-11,14,17H,4H2,1-3H3. The summed E-state index contributed by atoms with van der Waals surface area (Å²) in [5.74, 6) is 1.40. The van der Waals surface area contributed by atoms with Gasteiger partial charge in [-0.15, -0.1) is 0 Å². The number of phenolic OH excluding ortho intramolecular Hbond substituents is 1. The average Bonchev–Trinajstić information content (AvgIpc) is 2.83. The van der Waals surface area contributed by atoms with Crippen LogP contribution in [0.4, 0.5) is 0 Å². The van der Waals surface area contributed by atoms with E-state index in [2.05, 4.69) is 26.8 Å². The van der Waals surface area contributed by atoms with Gasteiger partial charge in [0, 0.05) is 11.1 Å².